The highest BCUT2D eigenvalue weighted by Crippen LogP contribution is 2.23. The van der Waals surface area contributed by atoms with Crippen LogP contribution in [0.25, 0.3) is 11.0 Å². The number of nitrogens with one attached hydrogen (secondary N) is 1. The van der Waals surface area contributed by atoms with Crippen LogP contribution in [-0.4, -0.2) is 14.8 Å². The normalized spacial score (nSPS) is 11.0. The van der Waals surface area contributed by atoms with E-state index in [-0.39, 0.29) is 0 Å². The van der Waals surface area contributed by atoms with E-state index in [1.807, 2.05) is 38.4 Å². The first-order valence-electron chi connectivity index (χ1n) is 6.52. The molecule has 108 valence electrons. The summed E-state index contributed by atoms with van der Waals surface area (Å²) in [5, 5.41) is 9.54. The maximum atomic E-state index is 6.03. The maximum absolute atomic E-state index is 6.03. The zero-order valence-corrected chi connectivity index (χ0v) is 14.0. The molecule has 3 aromatic rings. The predicted octanol–water partition coefficient (Wildman–Crippen LogP) is 4.30. The van der Waals surface area contributed by atoms with Crippen molar-refractivity contribution < 1.29 is 0 Å². The van der Waals surface area contributed by atoms with E-state index in [1.54, 1.807) is 4.68 Å². The van der Waals surface area contributed by atoms with E-state index in [4.69, 9.17) is 11.6 Å². The third-order valence-corrected chi connectivity index (χ3v) is 4.36. The summed E-state index contributed by atoms with van der Waals surface area (Å²) in [6.45, 7) is 2.66. The molecule has 2 aromatic heterocycles. The van der Waals surface area contributed by atoms with Gasteiger partial charge in [0.2, 0.25) is 0 Å². The lowest BCUT2D eigenvalue weighted by Crippen LogP contribution is -2.01. The molecular weight excluding hydrogens is 352 g/mol. The number of nitrogens with zero attached hydrogens (tertiary/aromatic N) is 3. The van der Waals surface area contributed by atoms with E-state index in [1.165, 1.54) is 0 Å². The molecule has 0 saturated heterocycles. The molecule has 21 heavy (non-hydrogen) atoms. The third kappa shape index (κ3) is 2.89. The van der Waals surface area contributed by atoms with Crippen LogP contribution in [0.5, 0.6) is 0 Å². The molecule has 0 aliphatic heterocycles. The second-order valence-electron chi connectivity index (χ2n) is 4.89. The Labute approximate surface area is 136 Å². The van der Waals surface area contributed by atoms with E-state index in [0.717, 1.165) is 37.5 Å². The third-order valence-electron chi connectivity index (χ3n) is 3.35. The first kappa shape index (κ1) is 14.4. The molecular formula is C15H14BrClN4. The number of fused-ring (bicyclic) bond motifs is 1. The quantitative estimate of drug-likeness (QED) is 0.752. The van der Waals surface area contributed by atoms with E-state index in [9.17, 15) is 0 Å². The summed E-state index contributed by atoms with van der Waals surface area (Å²) >= 11 is 9.56. The lowest BCUT2D eigenvalue weighted by atomic mass is 10.2. The summed E-state index contributed by atoms with van der Waals surface area (Å²) in [6, 6.07) is 7.83. The zero-order chi connectivity index (χ0) is 15.0. The van der Waals surface area contributed by atoms with Crippen molar-refractivity contribution >= 4 is 44.3 Å². The molecule has 3 rings (SSSR count). The fourth-order valence-corrected chi connectivity index (χ4v) is 2.86. The van der Waals surface area contributed by atoms with Gasteiger partial charge in [-0.3, -0.25) is 4.68 Å². The fourth-order valence-electron chi connectivity index (χ4n) is 2.28. The molecule has 0 fully saturated rings. The summed E-state index contributed by atoms with van der Waals surface area (Å²) in [7, 11) is 1.90. The molecule has 0 radical (unpaired) electrons. The Morgan fingerprint density at radius 1 is 1.33 bits per heavy atom. The van der Waals surface area contributed by atoms with Crippen molar-refractivity contribution in [2.75, 3.05) is 5.32 Å². The van der Waals surface area contributed by atoms with Gasteiger partial charge in [0, 0.05) is 28.5 Å². The van der Waals surface area contributed by atoms with Crippen molar-refractivity contribution in [3.05, 3.63) is 51.2 Å². The molecule has 0 amide bonds. The average molecular weight is 366 g/mol. The Morgan fingerprint density at radius 3 is 2.95 bits per heavy atom. The Hall–Kier alpha value is -1.59. The van der Waals surface area contributed by atoms with Gasteiger partial charge < -0.3 is 5.32 Å². The Bertz CT molecular complexity index is 813. The second kappa shape index (κ2) is 5.66. The Balaban J connectivity index is 1.85. The van der Waals surface area contributed by atoms with Crippen molar-refractivity contribution in [2.24, 2.45) is 7.05 Å². The van der Waals surface area contributed by atoms with Crippen LogP contribution in [0.1, 0.15) is 11.3 Å². The highest BCUT2D eigenvalue weighted by atomic mass is 79.9. The topological polar surface area (TPSA) is 42.7 Å². The molecule has 0 aliphatic rings. The summed E-state index contributed by atoms with van der Waals surface area (Å²) in [6.07, 6.45) is 1.82. The Morgan fingerprint density at radius 2 is 2.14 bits per heavy atom. The number of anilines is 1. The first-order chi connectivity index (χ1) is 10.0. The van der Waals surface area contributed by atoms with Gasteiger partial charge in [0.15, 0.2) is 5.65 Å². The molecule has 4 nitrogen and oxygen atoms in total. The predicted molar refractivity (Wildman–Crippen MR) is 89.7 cm³/mol. The van der Waals surface area contributed by atoms with Crippen LogP contribution >= 0.6 is 27.5 Å². The maximum Gasteiger partial charge on any atom is 0.157 e. The molecule has 0 spiro atoms. The molecule has 2 heterocycles. The monoisotopic (exact) mass is 364 g/mol. The summed E-state index contributed by atoms with van der Waals surface area (Å²) in [5.41, 5.74) is 3.94. The van der Waals surface area contributed by atoms with Gasteiger partial charge in [-0.25, -0.2) is 4.98 Å². The van der Waals surface area contributed by atoms with E-state index in [0.29, 0.717) is 6.54 Å². The van der Waals surface area contributed by atoms with Crippen LogP contribution in [0.4, 0.5) is 5.69 Å². The number of aryl methyl sites for hydroxylation is 2. The SMILES string of the molecule is Cc1nn(C)c2ncc(NCc3cc(Cl)ccc3Br)cc12. The Kier molecular flexibility index (Phi) is 3.87. The average Bonchev–Trinajstić information content (AvgIpc) is 2.75. The summed E-state index contributed by atoms with van der Waals surface area (Å²) in [5.74, 6) is 0. The zero-order valence-electron chi connectivity index (χ0n) is 11.7. The van der Waals surface area contributed by atoms with Crippen LogP contribution in [0, 0.1) is 6.92 Å². The van der Waals surface area contributed by atoms with Crippen LogP contribution < -0.4 is 5.32 Å². The fraction of sp³-hybridized carbons (Fsp3) is 0.200. The molecule has 6 heteroatoms. The van der Waals surface area contributed by atoms with Gasteiger partial charge in [0.1, 0.15) is 0 Å². The van der Waals surface area contributed by atoms with Crippen LogP contribution in [0.2, 0.25) is 5.02 Å². The standard InChI is InChI=1S/C15H14BrClN4/c1-9-13-6-12(8-19-15(13)21(2)20-9)18-7-10-5-11(17)3-4-14(10)16/h3-6,8,18H,7H2,1-2H3. The van der Waals surface area contributed by atoms with Crippen molar-refractivity contribution in [1.82, 2.24) is 14.8 Å². The van der Waals surface area contributed by atoms with Gasteiger partial charge in [0.05, 0.1) is 17.6 Å². The minimum atomic E-state index is 0.674. The van der Waals surface area contributed by atoms with Gasteiger partial charge in [-0.2, -0.15) is 5.10 Å². The lowest BCUT2D eigenvalue weighted by Gasteiger charge is -2.08. The molecule has 0 atom stereocenters. The lowest BCUT2D eigenvalue weighted by molar-refractivity contribution is 0.774. The van der Waals surface area contributed by atoms with Crippen molar-refractivity contribution in [1.29, 1.82) is 0 Å². The molecule has 1 aromatic carbocycles. The molecule has 0 aliphatic carbocycles. The van der Waals surface area contributed by atoms with E-state index < -0.39 is 0 Å². The van der Waals surface area contributed by atoms with Crippen molar-refractivity contribution in [3.63, 3.8) is 0 Å². The number of halogens is 2. The highest BCUT2D eigenvalue weighted by Gasteiger charge is 2.07. The van der Waals surface area contributed by atoms with Gasteiger partial charge in [-0.1, -0.05) is 27.5 Å². The van der Waals surface area contributed by atoms with Crippen molar-refractivity contribution in [3.8, 4) is 0 Å². The van der Waals surface area contributed by atoms with Crippen LogP contribution in [0.15, 0.2) is 34.9 Å². The van der Waals surface area contributed by atoms with Gasteiger partial charge in [-0.15, -0.1) is 0 Å². The minimum Gasteiger partial charge on any atom is -0.380 e. The number of pyridine rings is 1. The van der Waals surface area contributed by atoms with E-state index in [2.05, 4.69) is 37.4 Å². The number of hydrogen-bond donors (Lipinski definition) is 1. The second-order valence-corrected chi connectivity index (χ2v) is 6.18. The minimum absolute atomic E-state index is 0.674. The van der Waals surface area contributed by atoms with Gasteiger partial charge in [0.25, 0.3) is 0 Å². The largest absolute Gasteiger partial charge is 0.380 e. The number of hydrogen-bond acceptors (Lipinski definition) is 3. The summed E-state index contributed by atoms with van der Waals surface area (Å²) < 4.78 is 2.83. The summed E-state index contributed by atoms with van der Waals surface area (Å²) in [4.78, 5) is 4.45. The van der Waals surface area contributed by atoms with Crippen LogP contribution in [0.3, 0.4) is 0 Å². The number of benzene rings is 1. The molecule has 0 saturated carbocycles. The van der Waals surface area contributed by atoms with Gasteiger partial charge >= 0.3 is 0 Å². The molecule has 1 N–H and O–H groups in total. The highest BCUT2D eigenvalue weighted by molar-refractivity contribution is 9.10. The smallest absolute Gasteiger partial charge is 0.157 e. The molecule has 0 bridgehead atoms. The van der Waals surface area contributed by atoms with Crippen LogP contribution in [-0.2, 0) is 13.6 Å². The van der Waals surface area contributed by atoms with E-state index >= 15 is 0 Å². The molecule has 0 unspecified atom stereocenters. The number of rotatable bonds is 3. The number of aromatic nitrogens is 3. The first-order valence-corrected chi connectivity index (χ1v) is 7.69. The van der Waals surface area contributed by atoms with Crippen molar-refractivity contribution in [2.45, 2.75) is 13.5 Å². The van der Waals surface area contributed by atoms with Gasteiger partial charge in [-0.05, 0) is 36.8 Å².